The van der Waals surface area contributed by atoms with E-state index in [2.05, 4.69) is 41.5 Å². The van der Waals surface area contributed by atoms with Gasteiger partial charge in [0.25, 0.3) is 0 Å². The van der Waals surface area contributed by atoms with E-state index in [-0.39, 0.29) is 5.41 Å². The Labute approximate surface area is 133 Å². The summed E-state index contributed by atoms with van der Waals surface area (Å²) < 4.78 is 0. The summed E-state index contributed by atoms with van der Waals surface area (Å²) in [5.74, 6) is 1.24. The van der Waals surface area contributed by atoms with Crippen molar-refractivity contribution in [2.45, 2.75) is 32.1 Å². The Kier molecular flexibility index (Phi) is 7.08. The zero-order valence-corrected chi connectivity index (χ0v) is 14.1. The summed E-state index contributed by atoms with van der Waals surface area (Å²) in [5, 5.41) is 9.98. The smallest absolute Gasteiger partial charge is 0.0499 e. The number of aryl methyl sites for hydroxylation is 1. The number of thioether (sulfide) groups is 1. The number of likely N-dealkylation sites (tertiary alicyclic amines) is 1. The topological polar surface area (TPSA) is 23.5 Å². The average Bonchev–Trinajstić information content (AvgIpc) is 2.55. The van der Waals surface area contributed by atoms with Crippen LogP contribution in [0, 0.1) is 5.41 Å². The van der Waals surface area contributed by atoms with E-state index in [1.165, 1.54) is 43.7 Å². The van der Waals surface area contributed by atoms with E-state index in [0.717, 1.165) is 19.4 Å². The van der Waals surface area contributed by atoms with Crippen LogP contribution in [-0.2, 0) is 6.42 Å². The summed E-state index contributed by atoms with van der Waals surface area (Å²) in [6, 6.07) is 10.7. The van der Waals surface area contributed by atoms with Gasteiger partial charge in [0.1, 0.15) is 0 Å². The van der Waals surface area contributed by atoms with E-state index in [4.69, 9.17) is 0 Å². The van der Waals surface area contributed by atoms with Crippen LogP contribution in [0.15, 0.2) is 30.3 Å². The first-order chi connectivity index (χ1) is 10.3. The van der Waals surface area contributed by atoms with Crippen LogP contribution in [0.5, 0.6) is 0 Å². The average molecular weight is 308 g/mol. The van der Waals surface area contributed by atoms with Gasteiger partial charge in [0.15, 0.2) is 0 Å². The molecule has 118 valence electrons. The van der Waals surface area contributed by atoms with Gasteiger partial charge in [-0.25, -0.2) is 0 Å². The maximum Gasteiger partial charge on any atom is 0.0499 e. The molecule has 1 heterocycles. The van der Waals surface area contributed by atoms with E-state index in [1.54, 1.807) is 0 Å². The van der Waals surface area contributed by atoms with Crippen molar-refractivity contribution in [2.75, 3.05) is 38.2 Å². The zero-order valence-electron chi connectivity index (χ0n) is 13.3. The number of aliphatic hydroxyl groups is 1. The molecule has 1 fully saturated rings. The van der Waals surface area contributed by atoms with Gasteiger partial charge in [-0.2, -0.15) is 11.8 Å². The van der Waals surface area contributed by atoms with Gasteiger partial charge < -0.3 is 10.0 Å². The zero-order chi connectivity index (χ0) is 15.0. The fourth-order valence-corrected chi connectivity index (χ4v) is 3.82. The van der Waals surface area contributed by atoms with Crippen LogP contribution in [0.3, 0.4) is 0 Å². The van der Waals surface area contributed by atoms with Gasteiger partial charge in [-0.3, -0.25) is 0 Å². The van der Waals surface area contributed by atoms with Crippen molar-refractivity contribution >= 4 is 11.8 Å². The fraction of sp³-hybridized carbons (Fsp3) is 0.667. The molecule has 0 aliphatic carbocycles. The Hall–Kier alpha value is -0.510. The number of benzene rings is 1. The number of hydrogen-bond acceptors (Lipinski definition) is 3. The van der Waals surface area contributed by atoms with Crippen molar-refractivity contribution in [3.63, 3.8) is 0 Å². The quantitative estimate of drug-likeness (QED) is 0.744. The Morgan fingerprint density at radius 1 is 1.29 bits per heavy atom. The van der Waals surface area contributed by atoms with Crippen molar-refractivity contribution in [1.29, 1.82) is 0 Å². The van der Waals surface area contributed by atoms with Crippen LogP contribution in [0.25, 0.3) is 0 Å². The second-order valence-corrected chi connectivity index (χ2v) is 7.36. The van der Waals surface area contributed by atoms with Crippen LogP contribution in [0.4, 0.5) is 0 Å². The van der Waals surface area contributed by atoms with E-state index < -0.39 is 0 Å². The molecule has 3 heteroatoms. The molecule has 1 aromatic rings. The molecule has 1 aliphatic rings. The summed E-state index contributed by atoms with van der Waals surface area (Å²) >= 11 is 1.93. The number of nitrogens with zero attached hydrogens (tertiary/aromatic N) is 1. The molecule has 1 atom stereocenters. The molecule has 0 amide bonds. The van der Waals surface area contributed by atoms with E-state index in [9.17, 15) is 5.11 Å². The van der Waals surface area contributed by atoms with E-state index in [0.29, 0.717) is 6.61 Å². The first-order valence-electron chi connectivity index (χ1n) is 8.14. The molecule has 1 saturated heterocycles. The van der Waals surface area contributed by atoms with Crippen LogP contribution >= 0.6 is 11.8 Å². The predicted octanol–water partition coefficient (Wildman–Crippen LogP) is 3.45. The second kappa shape index (κ2) is 8.82. The molecule has 1 N–H and O–H groups in total. The van der Waals surface area contributed by atoms with Gasteiger partial charge >= 0.3 is 0 Å². The Morgan fingerprint density at radius 3 is 2.81 bits per heavy atom. The molecule has 0 radical (unpaired) electrons. The molecule has 1 unspecified atom stereocenters. The Bertz CT molecular complexity index is 397. The third kappa shape index (κ3) is 5.32. The Balaban J connectivity index is 1.87. The molecular weight excluding hydrogens is 278 g/mol. The van der Waals surface area contributed by atoms with Gasteiger partial charge in [0, 0.05) is 18.6 Å². The van der Waals surface area contributed by atoms with E-state index in [1.807, 2.05) is 11.8 Å². The van der Waals surface area contributed by atoms with E-state index >= 15 is 0 Å². The highest BCUT2D eigenvalue weighted by Crippen LogP contribution is 2.34. The molecule has 2 nitrogen and oxygen atoms in total. The lowest BCUT2D eigenvalue weighted by molar-refractivity contribution is 0.0260. The maximum atomic E-state index is 9.98. The van der Waals surface area contributed by atoms with Gasteiger partial charge in [-0.15, -0.1) is 0 Å². The van der Waals surface area contributed by atoms with Crippen molar-refractivity contribution < 1.29 is 5.11 Å². The van der Waals surface area contributed by atoms with Crippen LogP contribution in [0.2, 0.25) is 0 Å². The SMILES string of the molecule is CSCCCN1CCCC(CO)(CCc2ccccc2)C1. The predicted molar refractivity (Wildman–Crippen MR) is 93.0 cm³/mol. The number of hydrogen-bond donors (Lipinski definition) is 1. The third-order valence-electron chi connectivity index (χ3n) is 4.69. The largest absolute Gasteiger partial charge is 0.396 e. The highest BCUT2D eigenvalue weighted by molar-refractivity contribution is 7.98. The first-order valence-corrected chi connectivity index (χ1v) is 9.53. The van der Waals surface area contributed by atoms with Gasteiger partial charge in [0.2, 0.25) is 0 Å². The molecule has 1 aromatic carbocycles. The lowest BCUT2D eigenvalue weighted by atomic mass is 9.76. The molecule has 0 saturated carbocycles. The second-order valence-electron chi connectivity index (χ2n) is 6.37. The maximum absolute atomic E-state index is 9.98. The highest BCUT2D eigenvalue weighted by atomic mass is 32.2. The summed E-state index contributed by atoms with van der Waals surface area (Å²) in [4.78, 5) is 2.57. The molecule has 0 aromatic heterocycles. The summed E-state index contributed by atoms with van der Waals surface area (Å²) in [6.45, 7) is 3.80. The van der Waals surface area contributed by atoms with Crippen LogP contribution in [0.1, 0.15) is 31.2 Å². The minimum atomic E-state index is 0.119. The highest BCUT2D eigenvalue weighted by Gasteiger charge is 2.34. The van der Waals surface area contributed by atoms with Crippen LogP contribution in [-0.4, -0.2) is 48.3 Å². The Morgan fingerprint density at radius 2 is 2.10 bits per heavy atom. The first kappa shape index (κ1) is 16.9. The van der Waals surface area contributed by atoms with Crippen LogP contribution < -0.4 is 0 Å². The molecule has 21 heavy (non-hydrogen) atoms. The molecule has 1 aliphatic heterocycles. The monoisotopic (exact) mass is 307 g/mol. The van der Waals surface area contributed by atoms with Crippen molar-refractivity contribution in [2.24, 2.45) is 5.41 Å². The minimum Gasteiger partial charge on any atom is -0.396 e. The number of rotatable bonds is 8. The molecular formula is C18H29NOS. The number of aliphatic hydroxyl groups excluding tert-OH is 1. The number of piperidine rings is 1. The minimum absolute atomic E-state index is 0.119. The van der Waals surface area contributed by atoms with Crippen molar-refractivity contribution in [3.8, 4) is 0 Å². The summed E-state index contributed by atoms with van der Waals surface area (Å²) in [5.41, 5.74) is 1.51. The molecule has 0 spiro atoms. The van der Waals surface area contributed by atoms with Gasteiger partial charge in [0.05, 0.1) is 0 Å². The fourth-order valence-electron chi connectivity index (χ4n) is 3.40. The summed E-state index contributed by atoms with van der Waals surface area (Å²) in [7, 11) is 0. The lowest BCUT2D eigenvalue weighted by Crippen LogP contribution is -2.46. The summed E-state index contributed by atoms with van der Waals surface area (Å²) in [6.07, 6.45) is 8.03. The lowest BCUT2D eigenvalue weighted by Gasteiger charge is -2.42. The molecule has 2 rings (SSSR count). The van der Waals surface area contributed by atoms with Gasteiger partial charge in [-0.05, 0) is 62.8 Å². The molecule has 0 bridgehead atoms. The van der Waals surface area contributed by atoms with Crippen molar-refractivity contribution in [3.05, 3.63) is 35.9 Å². The normalized spacial score (nSPS) is 23.3. The third-order valence-corrected chi connectivity index (χ3v) is 5.38. The van der Waals surface area contributed by atoms with Gasteiger partial charge in [-0.1, -0.05) is 30.3 Å². The standard InChI is InChI=1S/C18H29NOS/c1-21-14-6-13-19-12-5-10-18(15-19,16-20)11-9-17-7-3-2-4-8-17/h2-4,7-8,20H,5-6,9-16H2,1H3. The van der Waals surface area contributed by atoms with Crippen molar-refractivity contribution in [1.82, 2.24) is 4.90 Å².